The summed E-state index contributed by atoms with van der Waals surface area (Å²) in [6, 6.07) is 6.75. The Balaban J connectivity index is 1.91. The molecule has 0 bridgehead atoms. The fraction of sp³-hybridized carbons (Fsp3) is 0.571. The van der Waals surface area contributed by atoms with E-state index in [-0.39, 0.29) is 0 Å². The average molecular weight is 314 g/mol. The molecule has 1 aromatic carbocycles. The molecule has 2 atom stereocenters. The van der Waals surface area contributed by atoms with E-state index in [1.807, 2.05) is 6.07 Å². The highest BCUT2D eigenvalue weighted by molar-refractivity contribution is 9.10. The van der Waals surface area contributed by atoms with Gasteiger partial charge in [0.1, 0.15) is 5.75 Å². The second-order valence-electron chi connectivity index (χ2n) is 4.80. The van der Waals surface area contributed by atoms with Crippen LogP contribution in [0.2, 0.25) is 0 Å². The minimum Gasteiger partial charge on any atom is -0.496 e. The second-order valence-corrected chi connectivity index (χ2v) is 5.65. The largest absolute Gasteiger partial charge is 0.496 e. The Kier molecular flexibility index (Phi) is 5.03. The SMILES string of the molecule is COc1ccc(CNC2CCOCC2C)cc1Br. The highest BCUT2D eigenvalue weighted by Crippen LogP contribution is 2.25. The lowest BCUT2D eigenvalue weighted by molar-refractivity contribution is 0.0386. The van der Waals surface area contributed by atoms with Crippen LogP contribution < -0.4 is 10.1 Å². The lowest BCUT2D eigenvalue weighted by Gasteiger charge is -2.29. The molecule has 4 heteroatoms. The van der Waals surface area contributed by atoms with Crippen LogP contribution in [0.5, 0.6) is 5.75 Å². The van der Waals surface area contributed by atoms with Crippen molar-refractivity contribution in [3.63, 3.8) is 0 Å². The number of rotatable bonds is 4. The van der Waals surface area contributed by atoms with Crippen molar-refractivity contribution in [1.29, 1.82) is 0 Å². The Morgan fingerprint density at radius 3 is 3.00 bits per heavy atom. The minimum atomic E-state index is 0.555. The molecule has 3 nitrogen and oxygen atoms in total. The summed E-state index contributed by atoms with van der Waals surface area (Å²) in [4.78, 5) is 0. The molecule has 1 aromatic rings. The van der Waals surface area contributed by atoms with Crippen molar-refractivity contribution in [1.82, 2.24) is 5.32 Å². The van der Waals surface area contributed by atoms with Gasteiger partial charge in [0, 0.05) is 19.2 Å². The van der Waals surface area contributed by atoms with Crippen molar-refractivity contribution >= 4 is 15.9 Å². The Morgan fingerprint density at radius 2 is 2.33 bits per heavy atom. The molecule has 1 aliphatic heterocycles. The number of ether oxygens (including phenoxy) is 2. The van der Waals surface area contributed by atoms with Crippen molar-refractivity contribution in [2.24, 2.45) is 5.92 Å². The maximum absolute atomic E-state index is 5.45. The van der Waals surface area contributed by atoms with Crippen LogP contribution in [0.25, 0.3) is 0 Å². The summed E-state index contributed by atoms with van der Waals surface area (Å²) < 4.78 is 11.7. The van der Waals surface area contributed by atoms with E-state index in [0.717, 1.165) is 36.4 Å². The van der Waals surface area contributed by atoms with Gasteiger partial charge in [0.15, 0.2) is 0 Å². The summed E-state index contributed by atoms with van der Waals surface area (Å²) in [6.07, 6.45) is 1.10. The zero-order valence-electron chi connectivity index (χ0n) is 10.9. The molecule has 0 spiro atoms. The molecule has 1 heterocycles. The molecule has 1 aliphatic rings. The average Bonchev–Trinajstić information content (AvgIpc) is 2.38. The van der Waals surface area contributed by atoms with E-state index in [9.17, 15) is 0 Å². The highest BCUT2D eigenvalue weighted by atomic mass is 79.9. The maximum Gasteiger partial charge on any atom is 0.133 e. The Morgan fingerprint density at radius 1 is 1.50 bits per heavy atom. The summed E-state index contributed by atoms with van der Waals surface area (Å²) in [5.74, 6) is 1.46. The Labute approximate surface area is 117 Å². The Hall–Kier alpha value is -0.580. The van der Waals surface area contributed by atoms with Gasteiger partial charge in [-0.1, -0.05) is 13.0 Å². The molecule has 1 saturated heterocycles. The van der Waals surface area contributed by atoms with Crippen LogP contribution in [0.1, 0.15) is 18.9 Å². The zero-order chi connectivity index (χ0) is 13.0. The predicted octanol–water partition coefficient (Wildman–Crippen LogP) is 2.97. The molecular weight excluding hydrogens is 294 g/mol. The van der Waals surface area contributed by atoms with E-state index in [2.05, 4.69) is 40.3 Å². The smallest absolute Gasteiger partial charge is 0.133 e. The van der Waals surface area contributed by atoms with Gasteiger partial charge >= 0.3 is 0 Å². The van der Waals surface area contributed by atoms with E-state index in [1.165, 1.54) is 5.56 Å². The van der Waals surface area contributed by atoms with Gasteiger partial charge in [-0.3, -0.25) is 0 Å². The van der Waals surface area contributed by atoms with E-state index in [0.29, 0.717) is 12.0 Å². The molecule has 2 unspecified atom stereocenters. The first-order valence-electron chi connectivity index (χ1n) is 6.34. The van der Waals surface area contributed by atoms with Gasteiger partial charge in [-0.25, -0.2) is 0 Å². The van der Waals surface area contributed by atoms with Gasteiger partial charge in [0.05, 0.1) is 18.2 Å². The first kappa shape index (κ1) is 13.8. The third-order valence-corrected chi connectivity index (χ3v) is 4.05. The first-order chi connectivity index (χ1) is 8.70. The number of hydrogen-bond acceptors (Lipinski definition) is 3. The molecule has 0 aromatic heterocycles. The van der Waals surface area contributed by atoms with Crippen LogP contribution in [-0.4, -0.2) is 26.4 Å². The highest BCUT2D eigenvalue weighted by Gasteiger charge is 2.21. The van der Waals surface area contributed by atoms with Crippen molar-refractivity contribution in [2.75, 3.05) is 20.3 Å². The topological polar surface area (TPSA) is 30.5 Å². The molecule has 0 saturated carbocycles. The summed E-state index contributed by atoms with van der Waals surface area (Å²) in [6.45, 7) is 4.86. The van der Waals surface area contributed by atoms with Gasteiger partial charge in [0.25, 0.3) is 0 Å². The molecule has 2 rings (SSSR count). The zero-order valence-corrected chi connectivity index (χ0v) is 12.5. The fourth-order valence-corrected chi connectivity index (χ4v) is 2.84. The van der Waals surface area contributed by atoms with Gasteiger partial charge in [-0.05, 0) is 46.0 Å². The van der Waals surface area contributed by atoms with Crippen molar-refractivity contribution in [3.8, 4) is 5.75 Å². The fourth-order valence-electron chi connectivity index (χ4n) is 2.25. The van der Waals surface area contributed by atoms with Crippen LogP contribution in [0.4, 0.5) is 0 Å². The van der Waals surface area contributed by atoms with Gasteiger partial charge in [0.2, 0.25) is 0 Å². The van der Waals surface area contributed by atoms with E-state index < -0.39 is 0 Å². The number of halogens is 1. The normalized spacial score (nSPS) is 23.9. The molecule has 0 aliphatic carbocycles. The van der Waals surface area contributed by atoms with Crippen LogP contribution in [-0.2, 0) is 11.3 Å². The van der Waals surface area contributed by atoms with Crippen LogP contribution in [0.15, 0.2) is 22.7 Å². The monoisotopic (exact) mass is 313 g/mol. The number of methoxy groups -OCH3 is 1. The maximum atomic E-state index is 5.45. The lowest BCUT2D eigenvalue weighted by atomic mass is 9.97. The first-order valence-corrected chi connectivity index (χ1v) is 7.13. The molecule has 18 heavy (non-hydrogen) atoms. The van der Waals surface area contributed by atoms with Crippen LogP contribution in [0.3, 0.4) is 0 Å². The van der Waals surface area contributed by atoms with Crippen molar-refractivity contribution in [2.45, 2.75) is 25.9 Å². The summed E-state index contributed by atoms with van der Waals surface area (Å²) in [5.41, 5.74) is 1.27. The standard InChI is InChI=1S/C14H20BrNO2/c1-10-9-18-6-5-13(10)16-8-11-3-4-14(17-2)12(15)7-11/h3-4,7,10,13,16H,5-6,8-9H2,1-2H3. The molecule has 100 valence electrons. The van der Waals surface area contributed by atoms with Crippen LogP contribution in [0, 0.1) is 5.92 Å². The Bertz CT molecular complexity index is 397. The molecule has 0 radical (unpaired) electrons. The molecular formula is C14H20BrNO2. The number of nitrogens with one attached hydrogen (secondary N) is 1. The van der Waals surface area contributed by atoms with Crippen LogP contribution >= 0.6 is 15.9 Å². The van der Waals surface area contributed by atoms with E-state index >= 15 is 0 Å². The van der Waals surface area contributed by atoms with E-state index in [4.69, 9.17) is 9.47 Å². The van der Waals surface area contributed by atoms with E-state index in [1.54, 1.807) is 7.11 Å². The summed E-state index contributed by atoms with van der Waals surface area (Å²) in [7, 11) is 1.68. The van der Waals surface area contributed by atoms with Gasteiger partial charge < -0.3 is 14.8 Å². The minimum absolute atomic E-state index is 0.555. The lowest BCUT2D eigenvalue weighted by Crippen LogP contribution is -2.40. The van der Waals surface area contributed by atoms with Gasteiger partial charge in [-0.2, -0.15) is 0 Å². The third-order valence-electron chi connectivity index (χ3n) is 3.43. The van der Waals surface area contributed by atoms with Crippen molar-refractivity contribution < 1.29 is 9.47 Å². The number of hydrogen-bond donors (Lipinski definition) is 1. The third kappa shape index (κ3) is 3.46. The summed E-state index contributed by atoms with van der Waals surface area (Å²) in [5, 5.41) is 3.61. The quantitative estimate of drug-likeness (QED) is 0.927. The molecule has 1 fully saturated rings. The summed E-state index contributed by atoms with van der Waals surface area (Å²) >= 11 is 3.51. The number of benzene rings is 1. The predicted molar refractivity (Wildman–Crippen MR) is 75.9 cm³/mol. The van der Waals surface area contributed by atoms with Crippen molar-refractivity contribution in [3.05, 3.63) is 28.2 Å². The molecule has 1 N–H and O–H groups in total. The molecule has 0 amide bonds. The van der Waals surface area contributed by atoms with Gasteiger partial charge in [-0.15, -0.1) is 0 Å². The second kappa shape index (κ2) is 6.55.